The lowest BCUT2D eigenvalue weighted by atomic mass is 10.4. The highest BCUT2D eigenvalue weighted by atomic mass is 35.5. The minimum Gasteiger partial charge on any atom is -0.396 e. The summed E-state index contributed by atoms with van der Waals surface area (Å²) in [6, 6.07) is 1.68. The molecule has 0 amide bonds. The third-order valence-corrected chi connectivity index (χ3v) is 2.27. The Morgan fingerprint density at radius 3 is 3.00 bits per heavy atom. The van der Waals surface area contributed by atoms with Crippen molar-refractivity contribution in [2.45, 2.75) is 19.8 Å². The van der Waals surface area contributed by atoms with Gasteiger partial charge >= 0.3 is 0 Å². The fraction of sp³-hybridized carbons (Fsp3) is 0.545. The molecule has 5 heteroatoms. The number of nitrogens with one attached hydrogen (secondary N) is 1. The SMILES string of the molecule is CCCCOCCNc1ncc(Cl)cc1N. The normalized spacial score (nSPS) is 10.4. The molecule has 0 aliphatic carbocycles. The topological polar surface area (TPSA) is 60.2 Å². The fourth-order valence-corrected chi connectivity index (χ4v) is 1.36. The molecule has 0 atom stereocenters. The smallest absolute Gasteiger partial charge is 0.149 e. The van der Waals surface area contributed by atoms with Crippen LogP contribution in [-0.4, -0.2) is 24.7 Å². The van der Waals surface area contributed by atoms with Crippen LogP contribution in [0, 0.1) is 0 Å². The summed E-state index contributed by atoms with van der Waals surface area (Å²) in [6.07, 6.45) is 3.82. The standard InChI is InChI=1S/C11H18ClN3O/c1-2-3-5-16-6-4-14-11-10(13)7-9(12)8-15-11/h7-8H,2-6,13H2,1H3,(H,14,15). The zero-order valence-corrected chi connectivity index (χ0v) is 10.3. The highest BCUT2D eigenvalue weighted by Crippen LogP contribution is 2.18. The zero-order chi connectivity index (χ0) is 11.8. The maximum atomic E-state index is 5.74. The van der Waals surface area contributed by atoms with Gasteiger partial charge in [-0.3, -0.25) is 0 Å². The van der Waals surface area contributed by atoms with Gasteiger partial charge in [-0.1, -0.05) is 24.9 Å². The minimum absolute atomic E-state index is 0.544. The molecule has 1 rings (SSSR count). The van der Waals surface area contributed by atoms with Crippen LogP contribution in [0.5, 0.6) is 0 Å². The zero-order valence-electron chi connectivity index (χ0n) is 9.50. The van der Waals surface area contributed by atoms with E-state index in [4.69, 9.17) is 22.1 Å². The molecule has 0 saturated heterocycles. The van der Waals surface area contributed by atoms with Gasteiger partial charge in [0.2, 0.25) is 0 Å². The molecule has 90 valence electrons. The third kappa shape index (κ3) is 4.68. The number of anilines is 2. The molecular weight excluding hydrogens is 226 g/mol. The molecule has 4 nitrogen and oxygen atoms in total. The van der Waals surface area contributed by atoms with Crippen molar-refractivity contribution in [3.8, 4) is 0 Å². The number of halogens is 1. The van der Waals surface area contributed by atoms with Crippen molar-refractivity contribution in [1.82, 2.24) is 4.98 Å². The van der Waals surface area contributed by atoms with E-state index >= 15 is 0 Å². The van der Waals surface area contributed by atoms with Gasteiger partial charge in [0.1, 0.15) is 5.82 Å². The largest absolute Gasteiger partial charge is 0.396 e. The molecule has 16 heavy (non-hydrogen) atoms. The molecule has 0 fully saturated rings. The van der Waals surface area contributed by atoms with Crippen LogP contribution in [0.1, 0.15) is 19.8 Å². The van der Waals surface area contributed by atoms with E-state index in [2.05, 4.69) is 17.2 Å². The quantitative estimate of drug-likeness (QED) is 0.723. The van der Waals surface area contributed by atoms with Crippen LogP contribution >= 0.6 is 11.6 Å². The molecule has 1 aromatic heterocycles. The van der Waals surface area contributed by atoms with E-state index in [1.165, 1.54) is 0 Å². The van der Waals surface area contributed by atoms with Crippen LogP contribution in [0.25, 0.3) is 0 Å². The van der Waals surface area contributed by atoms with Crippen molar-refractivity contribution in [3.63, 3.8) is 0 Å². The van der Waals surface area contributed by atoms with E-state index in [9.17, 15) is 0 Å². The summed E-state index contributed by atoms with van der Waals surface area (Å²) in [4.78, 5) is 4.09. The number of unbranched alkanes of at least 4 members (excludes halogenated alkanes) is 1. The first-order valence-electron chi connectivity index (χ1n) is 5.46. The van der Waals surface area contributed by atoms with E-state index in [1.54, 1.807) is 12.3 Å². The fourth-order valence-electron chi connectivity index (χ4n) is 1.19. The number of aromatic nitrogens is 1. The molecule has 3 N–H and O–H groups in total. The summed E-state index contributed by atoms with van der Waals surface area (Å²) < 4.78 is 5.40. The second-order valence-corrected chi connectivity index (χ2v) is 3.92. The van der Waals surface area contributed by atoms with Crippen molar-refractivity contribution in [2.24, 2.45) is 0 Å². The van der Waals surface area contributed by atoms with Gasteiger partial charge in [0, 0.05) is 19.3 Å². The van der Waals surface area contributed by atoms with Gasteiger partial charge < -0.3 is 15.8 Å². The van der Waals surface area contributed by atoms with E-state index in [-0.39, 0.29) is 0 Å². The molecule has 0 saturated carbocycles. The summed E-state index contributed by atoms with van der Waals surface area (Å²) in [6.45, 7) is 4.30. The Morgan fingerprint density at radius 2 is 2.31 bits per heavy atom. The van der Waals surface area contributed by atoms with Crippen LogP contribution in [0.4, 0.5) is 11.5 Å². The lowest BCUT2D eigenvalue weighted by molar-refractivity contribution is 0.141. The van der Waals surface area contributed by atoms with Crippen molar-refractivity contribution >= 4 is 23.1 Å². The number of ether oxygens (including phenoxy) is 1. The van der Waals surface area contributed by atoms with E-state index in [0.717, 1.165) is 19.4 Å². The number of nitrogens with zero attached hydrogens (tertiary/aromatic N) is 1. The van der Waals surface area contributed by atoms with Crippen LogP contribution in [-0.2, 0) is 4.74 Å². The van der Waals surface area contributed by atoms with Gasteiger partial charge in [0.25, 0.3) is 0 Å². The molecule has 0 aliphatic rings. The van der Waals surface area contributed by atoms with Gasteiger partial charge in [0.15, 0.2) is 0 Å². The highest BCUT2D eigenvalue weighted by molar-refractivity contribution is 6.30. The van der Waals surface area contributed by atoms with Crippen LogP contribution in [0.2, 0.25) is 5.02 Å². The first-order chi connectivity index (χ1) is 7.74. The van der Waals surface area contributed by atoms with Gasteiger partial charge in [-0.15, -0.1) is 0 Å². The maximum absolute atomic E-state index is 5.74. The van der Waals surface area contributed by atoms with Crippen LogP contribution < -0.4 is 11.1 Å². The molecule has 0 unspecified atom stereocenters. The molecular formula is C11H18ClN3O. The lowest BCUT2D eigenvalue weighted by Crippen LogP contribution is -2.12. The maximum Gasteiger partial charge on any atom is 0.149 e. The number of rotatable bonds is 7. The second-order valence-electron chi connectivity index (χ2n) is 3.48. The van der Waals surface area contributed by atoms with Crippen molar-refractivity contribution < 1.29 is 4.74 Å². The summed E-state index contributed by atoms with van der Waals surface area (Å²) >= 11 is 5.74. The van der Waals surface area contributed by atoms with Crippen LogP contribution in [0.15, 0.2) is 12.3 Å². The Morgan fingerprint density at radius 1 is 1.50 bits per heavy atom. The Bertz CT molecular complexity index is 320. The predicted molar refractivity (Wildman–Crippen MR) is 67.9 cm³/mol. The van der Waals surface area contributed by atoms with Gasteiger partial charge in [-0.25, -0.2) is 4.98 Å². The van der Waals surface area contributed by atoms with Crippen molar-refractivity contribution in [1.29, 1.82) is 0 Å². The monoisotopic (exact) mass is 243 g/mol. The third-order valence-electron chi connectivity index (χ3n) is 2.06. The Hall–Kier alpha value is -1.00. The van der Waals surface area contributed by atoms with Gasteiger partial charge in [0.05, 0.1) is 17.3 Å². The summed E-state index contributed by atoms with van der Waals surface area (Å²) in [5.74, 6) is 0.656. The first kappa shape index (κ1) is 13.1. The second kappa shape index (κ2) is 7.30. The van der Waals surface area contributed by atoms with Crippen LogP contribution in [0.3, 0.4) is 0 Å². The summed E-state index contributed by atoms with van der Waals surface area (Å²) in [5, 5.41) is 3.64. The molecule has 0 bridgehead atoms. The average Bonchev–Trinajstić information content (AvgIpc) is 2.26. The summed E-state index contributed by atoms with van der Waals surface area (Å²) in [7, 11) is 0. The number of nitrogens with two attached hydrogens (primary N) is 1. The Balaban J connectivity index is 2.21. The Labute approximate surface area is 101 Å². The molecule has 1 aromatic rings. The average molecular weight is 244 g/mol. The van der Waals surface area contributed by atoms with Gasteiger partial charge in [-0.05, 0) is 12.5 Å². The van der Waals surface area contributed by atoms with Crippen molar-refractivity contribution in [2.75, 3.05) is 30.8 Å². The van der Waals surface area contributed by atoms with E-state index in [0.29, 0.717) is 29.7 Å². The molecule has 0 aliphatic heterocycles. The molecule has 0 spiro atoms. The predicted octanol–water partition coefficient (Wildman–Crippen LogP) is 2.55. The number of nitrogen functional groups attached to an aromatic ring is 1. The highest BCUT2D eigenvalue weighted by Gasteiger charge is 2.00. The first-order valence-corrected chi connectivity index (χ1v) is 5.84. The molecule has 0 radical (unpaired) electrons. The molecule has 1 heterocycles. The molecule has 0 aromatic carbocycles. The lowest BCUT2D eigenvalue weighted by Gasteiger charge is -2.08. The van der Waals surface area contributed by atoms with Gasteiger partial charge in [-0.2, -0.15) is 0 Å². The number of pyridine rings is 1. The minimum atomic E-state index is 0.544. The van der Waals surface area contributed by atoms with E-state index < -0.39 is 0 Å². The number of hydrogen-bond acceptors (Lipinski definition) is 4. The Kier molecular flexibility index (Phi) is 5.96. The summed E-state index contributed by atoms with van der Waals surface area (Å²) in [5.41, 5.74) is 6.29. The number of hydrogen-bond donors (Lipinski definition) is 2. The van der Waals surface area contributed by atoms with Crippen molar-refractivity contribution in [3.05, 3.63) is 17.3 Å². The van der Waals surface area contributed by atoms with E-state index in [1.807, 2.05) is 0 Å².